The molecule has 33 heavy (non-hydrogen) atoms. The molecule has 0 saturated heterocycles. The highest BCUT2D eigenvalue weighted by Crippen LogP contribution is 2.28. The van der Waals surface area contributed by atoms with Crippen LogP contribution in [0.2, 0.25) is 0 Å². The number of nitrogens with zero attached hydrogens (tertiary/aromatic N) is 1. The smallest absolute Gasteiger partial charge is 0.191 e. The van der Waals surface area contributed by atoms with Gasteiger partial charge in [0.05, 0.1) is 26.9 Å². The first-order valence-electron chi connectivity index (χ1n) is 10.7. The number of guanidine groups is 1. The second-order valence-corrected chi connectivity index (χ2v) is 7.06. The molecule has 3 N–H and O–H groups in total. The van der Waals surface area contributed by atoms with Crippen LogP contribution in [0.15, 0.2) is 41.4 Å². The van der Waals surface area contributed by atoms with Crippen LogP contribution in [0.1, 0.15) is 23.6 Å². The van der Waals surface area contributed by atoms with Gasteiger partial charge in [-0.1, -0.05) is 18.2 Å². The lowest BCUT2D eigenvalue weighted by Crippen LogP contribution is -2.36. The van der Waals surface area contributed by atoms with Crippen molar-refractivity contribution < 1.29 is 24.1 Å². The van der Waals surface area contributed by atoms with Crippen molar-refractivity contribution in [3.63, 3.8) is 0 Å². The molecule has 0 fully saturated rings. The number of ether oxygens (including phenoxy) is 4. The highest BCUT2D eigenvalue weighted by molar-refractivity contribution is 14.0. The predicted octanol–water partition coefficient (Wildman–Crippen LogP) is 3.27. The fourth-order valence-electron chi connectivity index (χ4n) is 2.95. The zero-order valence-corrected chi connectivity index (χ0v) is 22.2. The molecule has 0 amide bonds. The Morgan fingerprint density at radius 3 is 2.42 bits per heavy atom. The number of hydrogen-bond acceptors (Lipinski definition) is 6. The number of aliphatic hydroxyl groups is 1. The number of rotatable bonds is 13. The van der Waals surface area contributed by atoms with E-state index in [9.17, 15) is 0 Å². The van der Waals surface area contributed by atoms with Gasteiger partial charge in [0.1, 0.15) is 19.0 Å². The first-order valence-corrected chi connectivity index (χ1v) is 10.7. The molecule has 0 bridgehead atoms. The normalized spacial score (nSPS) is 10.9. The van der Waals surface area contributed by atoms with Crippen LogP contribution in [-0.2, 0) is 17.8 Å². The fraction of sp³-hybridized carbons (Fsp3) is 0.458. The Kier molecular flexibility index (Phi) is 14.3. The van der Waals surface area contributed by atoms with Crippen molar-refractivity contribution in [2.75, 3.05) is 47.2 Å². The van der Waals surface area contributed by atoms with E-state index < -0.39 is 0 Å². The van der Waals surface area contributed by atoms with Crippen molar-refractivity contribution in [3.8, 4) is 17.2 Å². The summed E-state index contributed by atoms with van der Waals surface area (Å²) in [5, 5.41) is 15.6. The van der Waals surface area contributed by atoms with E-state index in [1.165, 1.54) is 0 Å². The minimum absolute atomic E-state index is 0. The average molecular weight is 573 g/mol. The highest BCUT2D eigenvalue weighted by Gasteiger charge is 2.08. The molecule has 184 valence electrons. The Balaban J connectivity index is 0.00000544. The molecule has 0 atom stereocenters. The van der Waals surface area contributed by atoms with Gasteiger partial charge in [-0.2, -0.15) is 0 Å². The van der Waals surface area contributed by atoms with Crippen molar-refractivity contribution in [3.05, 3.63) is 53.1 Å². The van der Waals surface area contributed by atoms with Gasteiger partial charge in [-0.3, -0.25) is 0 Å². The van der Waals surface area contributed by atoms with E-state index in [-0.39, 0.29) is 37.2 Å². The molecule has 8 nitrogen and oxygen atoms in total. The molecule has 0 unspecified atom stereocenters. The summed E-state index contributed by atoms with van der Waals surface area (Å²) in [6.07, 6.45) is 0. The second kappa shape index (κ2) is 16.4. The topological polar surface area (TPSA) is 93.6 Å². The van der Waals surface area contributed by atoms with Crippen molar-refractivity contribution in [2.24, 2.45) is 4.99 Å². The molecule has 2 aromatic carbocycles. The third-order valence-electron chi connectivity index (χ3n) is 4.55. The number of aliphatic hydroxyl groups excluding tert-OH is 1. The molecular weight excluding hydrogens is 537 g/mol. The zero-order valence-electron chi connectivity index (χ0n) is 19.8. The van der Waals surface area contributed by atoms with Gasteiger partial charge in [-0.15, -0.1) is 24.0 Å². The SMILES string of the molecule is CCNC(=NCc1ccc(OCCO)c(OC)c1)NCc1ccc(C)cc1OCCOC.I. The summed E-state index contributed by atoms with van der Waals surface area (Å²) >= 11 is 0. The molecule has 2 rings (SSSR count). The Morgan fingerprint density at radius 1 is 0.939 bits per heavy atom. The van der Waals surface area contributed by atoms with Gasteiger partial charge in [0.2, 0.25) is 0 Å². The summed E-state index contributed by atoms with van der Waals surface area (Å²) in [5.41, 5.74) is 3.17. The number of halogens is 1. The average Bonchev–Trinajstić information content (AvgIpc) is 2.80. The van der Waals surface area contributed by atoms with Crippen molar-refractivity contribution in [1.82, 2.24) is 10.6 Å². The maximum absolute atomic E-state index is 8.95. The van der Waals surface area contributed by atoms with Gasteiger partial charge >= 0.3 is 0 Å². The van der Waals surface area contributed by atoms with Gasteiger partial charge in [-0.25, -0.2) is 4.99 Å². The molecule has 9 heteroatoms. The van der Waals surface area contributed by atoms with Crippen LogP contribution in [0.25, 0.3) is 0 Å². The molecule has 0 saturated carbocycles. The third-order valence-corrected chi connectivity index (χ3v) is 4.55. The Labute approximate surface area is 213 Å². The Bertz CT molecular complexity index is 864. The Morgan fingerprint density at radius 2 is 1.73 bits per heavy atom. The zero-order chi connectivity index (χ0) is 23.2. The van der Waals surface area contributed by atoms with Crippen LogP contribution in [0.4, 0.5) is 0 Å². The Hall–Kier alpha value is -2.24. The van der Waals surface area contributed by atoms with E-state index in [1.54, 1.807) is 14.2 Å². The van der Waals surface area contributed by atoms with Gasteiger partial charge < -0.3 is 34.7 Å². The van der Waals surface area contributed by atoms with Crippen LogP contribution < -0.4 is 24.8 Å². The lowest BCUT2D eigenvalue weighted by atomic mass is 10.1. The van der Waals surface area contributed by atoms with Gasteiger partial charge in [0, 0.05) is 25.8 Å². The van der Waals surface area contributed by atoms with E-state index in [4.69, 9.17) is 24.1 Å². The number of aryl methyl sites for hydroxylation is 1. The summed E-state index contributed by atoms with van der Waals surface area (Å²) in [4.78, 5) is 4.69. The third kappa shape index (κ3) is 10.1. The largest absolute Gasteiger partial charge is 0.493 e. The highest BCUT2D eigenvalue weighted by atomic mass is 127. The molecule has 0 heterocycles. The maximum Gasteiger partial charge on any atom is 0.191 e. The standard InChI is InChI=1S/C24H35N3O5.HI/c1-5-25-24(26-16-19-7-9-21(31-11-10-28)23(15-19)30-4)27-17-20-8-6-18(2)14-22(20)32-13-12-29-3;/h6-9,14-15,28H,5,10-13,16-17H2,1-4H3,(H2,25,26,27);1H. The lowest BCUT2D eigenvalue weighted by Gasteiger charge is -2.15. The van der Waals surface area contributed by atoms with Crippen LogP contribution >= 0.6 is 24.0 Å². The van der Waals surface area contributed by atoms with Gasteiger partial charge in [0.25, 0.3) is 0 Å². The van der Waals surface area contributed by atoms with Crippen molar-refractivity contribution >= 4 is 29.9 Å². The first kappa shape index (κ1) is 28.8. The second-order valence-electron chi connectivity index (χ2n) is 7.06. The monoisotopic (exact) mass is 573 g/mol. The van der Waals surface area contributed by atoms with Crippen molar-refractivity contribution in [2.45, 2.75) is 26.9 Å². The summed E-state index contributed by atoms with van der Waals surface area (Å²) < 4.78 is 21.8. The molecule has 0 radical (unpaired) electrons. The van der Waals surface area contributed by atoms with Crippen LogP contribution in [0.3, 0.4) is 0 Å². The first-order chi connectivity index (χ1) is 15.6. The minimum atomic E-state index is -0.0486. The van der Waals surface area contributed by atoms with Crippen LogP contribution in [-0.4, -0.2) is 58.3 Å². The van der Waals surface area contributed by atoms with Crippen molar-refractivity contribution in [1.29, 1.82) is 0 Å². The summed E-state index contributed by atoms with van der Waals surface area (Å²) in [6, 6.07) is 11.8. The van der Waals surface area contributed by atoms with Gasteiger partial charge in [0.15, 0.2) is 17.5 Å². The summed E-state index contributed by atoms with van der Waals surface area (Å²) in [5.74, 6) is 2.75. The van der Waals surface area contributed by atoms with E-state index in [0.29, 0.717) is 43.8 Å². The summed E-state index contributed by atoms with van der Waals surface area (Å²) in [6.45, 7) is 7.07. The van der Waals surface area contributed by atoms with E-state index in [0.717, 1.165) is 29.0 Å². The van der Waals surface area contributed by atoms with E-state index >= 15 is 0 Å². The molecule has 0 aliphatic carbocycles. The maximum atomic E-state index is 8.95. The quantitative estimate of drug-likeness (QED) is 0.147. The van der Waals surface area contributed by atoms with Gasteiger partial charge in [-0.05, 0) is 43.2 Å². The fourth-order valence-corrected chi connectivity index (χ4v) is 2.95. The molecule has 0 aromatic heterocycles. The number of benzene rings is 2. The lowest BCUT2D eigenvalue weighted by molar-refractivity contribution is 0.145. The van der Waals surface area contributed by atoms with E-state index in [1.807, 2.05) is 38.1 Å². The van der Waals surface area contributed by atoms with Crippen LogP contribution in [0, 0.1) is 6.92 Å². The van der Waals surface area contributed by atoms with E-state index in [2.05, 4.69) is 27.8 Å². The molecule has 0 spiro atoms. The minimum Gasteiger partial charge on any atom is -0.493 e. The molecule has 2 aromatic rings. The number of hydrogen-bond donors (Lipinski definition) is 3. The predicted molar refractivity (Wildman–Crippen MR) is 141 cm³/mol. The molecule has 0 aliphatic rings. The number of methoxy groups -OCH3 is 2. The molecule has 0 aliphatic heterocycles. The number of nitrogens with one attached hydrogen (secondary N) is 2. The molecular formula is C24H36IN3O5. The number of aliphatic imine (C=N–C) groups is 1. The summed E-state index contributed by atoms with van der Waals surface area (Å²) in [7, 11) is 3.25. The van der Waals surface area contributed by atoms with Crippen LogP contribution in [0.5, 0.6) is 17.2 Å².